The van der Waals surface area contributed by atoms with Gasteiger partial charge in [-0.2, -0.15) is 0 Å². The minimum absolute atomic E-state index is 0.259. The molecule has 0 aromatic rings. The van der Waals surface area contributed by atoms with E-state index < -0.39 is 5.60 Å². The van der Waals surface area contributed by atoms with Crippen LogP contribution in [0.15, 0.2) is 0 Å². The summed E-state index contributed by atoms with van der Waals surface area (Å²) in [5.41, 5.74) is -0.420. The number of amides is 1. The van der Waals surface area contributed by atoms with Crippen molar-refractivity contribution in [2.24, 2.45) is 17.8 Å². The number of nitrogens with one attached hydrogen (secondary N) is 2. The van der Waals surface area contributed by atoms with Gasteiger partial charge in [-0.05, 0) is 84.0 Å². The van der Waals surface area contributed by atoms with Crippen molar-refractivity contribution in [1.29, 1.82) is 0 Å². The number of hydrogen-bond acceptors (Lipinski definition) is 3. The molecule has 3 fully saturated rings. The lowest BCUT2D eigenvalue weighted by Gasteiger charge is -2.31. The Morgan fingerprint density at radius 3 is 2.39 bits per heavy atom. The molecule has 0 heterocycles. The summed E-state index contributed by atoms with van der Waals surface area (Å²) in [6.07, 6.45) is 8.81. The summed E-state index contributed by atoms with van der Waals surface area (Å²) in [5.74, 6) is 2.87. The van der Waals surface area contributed by atoms with Crippen LogP contribution in [0.4, 0.5) is 4.79 Å². The summed E-state index contributed by atoms with van der Waals surface area (Å²) in [4.78, 5) is 11.9. The van der Waals surface area contributed by atoms with Crippen molar-refractivity contribution in [1.82, 2.24) is 10.6 Å². The van der Waals surface area contributed by atoms with E-state index >= 15 is 0 Å². The van der Waals surface area contributed by atoms with E-state index in [0.29, 0.717) is 12.1 Å². The van der Waals surface area contributed by atoms with Gasteiger partial charge in [0.05, 0.1) is 0 Å². The van der Waals surface area contributed by atoms with Crippen molar-refractivity contribution in [3.05, 3.63) is 0 Å². The molecule has 0 aromatic carbocycles. The van der Waals surface area contributed by atoms with Gasteiger partial charge in [0.2, 0.25) is 0 Å². The fourth-order valence-electron chi connectivity index (χ4n) is 5.14. The fraction of sp³-hybridized carbons (Fsp3) is 0.947. The van der Waals surface area contributed by atoms with E-state index in [2.05, 4.69) is 17.6 Å². The average Bonchev–Trinajstić information content (AvgIpc) is 3.12. The Labute approximate surface area is 141 Å². The number of rotatable bonds is 4. The van der Waals surface area contributed by atoms with Crippen molar-refractivity contribution < 1.29 is 9.53 Å². The third-order valence-electron chi connectivity index (χ3n) is 6.09. The summed E-state index contributed by atoms with van der Waals surface area (Å²) in [6, 6.07) is 1.43. The summed E-state index contributed by atoms with van der Waals surface area (Å²) in [6.45, 7) is 8.09. The lowest BCUT2D eigenvalue weighted by molar-refractivity contribution is 0.0505. The second kappa shape index (κ2) is 6.62. The Bertz CT molecular complexity index is 432. The molecule has 3 saturated carbocycles. The molecule has 3 rings (SSSR count). The van der Waals surface area contributed by atoms with Crippen LogP contribution in [0.2, 0.25) is 0 Å². The molecule has 3 aliphatic carbocycles. The molecule has 23 heavy (non-hydrogen) atoms. The van der Waals surface area contributed by atoms with Crippen LogP contribution in [-0.2, 0) is 4.74 Å². The van der Waals surface area contributed by atoms with Gasteiger partial charge in [0.15, 0.2) is 0 Å². The normalized spacial score (nSPS) is 37.8. The van der Waals surface area contributed by atoms with Crippen molar-refractivity contribution >= 4 is 6.09 Å². The van der Waals surface area contributed by atoms with Crippen molar-refractivity contribution in [3.8, 4) is 0 Å². The molecule has 2 N–H and O–H groups in total. The van der Waals surface area contributed by atoms with Crippen molar-refractivity contribution in [2.45, 2.75) is 96.4 Å². The van der Waals surface area contributed by atoms with Gasteiger partial charge >= 0.3 is 6.09 Å². The van der Waals surface area contributed by atoms with Gasteiger partial charge in [-0.15, -0.1) is 0 Å². The molecule has 0 aromatic heterocycles. The first-order valence-corrected chi connectivity index (χ1v) is 9.55. The zero-order valence-corrected chi connectivity index (χ0v) is 15.2. The molecular weight excluding hydrogens is 288 g/mol. The Morgan fingerprint density at radius 2 is 1.78 bits per heavy atom. The number of fused-ring (bicyclic) bond motifs is 2. The van der Waals surface area contributed by atoms with E-state index in [-0.39, 0.29) is 12.1 Å². The van der Waals surface area contributed by atoms with Gasteiger partial charge < -0.3 is 15.4 Å². The Morgan fingerprint density at radius 1 is 1.04 bits per heavy atom. The lowest BCUT2D eigenvalue weighted by Crippen LogP contribution is -2.43. The molecule has 6 unspecified atom stereocenters. The molecule has 0 saturated heterocycles. The zero-order chi connectivity index (χ0) is 16.6. The standard InChI is InChI=1S/C19H34N2O2/c1-12(17-10-13-5-6-14(17)9-13)20-15-7-8-16(11-15)21-18(22)23-19(2,3)4/h12-17,20H,5-11H2,1-4H3,(H,21,22). The highest BCUT2D eigenvalue weighted by atomic mass is 16.6. The van der Waals surface area contributed by atoms with E-state index in [1.807, 2.05) is 20.8 Å². The smallest absolute Gasteiger partial charge is 0.407 e. The van der Waals surface area contributed by atoms with Gasteiger partial charge in [-0.1, -0.05) is 6.42 Å². The predicted molar refractivity (Wildman–Crippen MR) is 92.3 cm³/mol. The van der Waals surface area contributed by atoms with Crippen LogP contribution in [0, 0.1) is 17.8 Å². The molecule has 0 aliphatic heterocycles. The average molecular weight is 322 g/mol. The maximum Gasteiger partial charge on any atom is 0.407 e. The van der Waals surface area contributed by atoms with Crippen LogP contribution < -0.4 is 10.6 Å². The predicted octanol–water partition coefficient (Wildman–Crippen LogP) is 3.85. The minimum atomic E-state index is -0.420. The van der Waals surface area contributed by atoms with Gasteiger partial charge in [-0.25, -0.2) is 4.79 Å². The second-order valence-electron chi connectivity index (χ2n) is 9.15. The van der Waals surface area contributed by atoms with Crippen LogP contribution in [0.25, 0.3) is 0 Å². The molecule has 4 nitrogen and oxygen atoms in total. The van der Waals surface area contributed by atoms with E-state index in [0.717, 1.165) is 37.0 Å². The highest BCUT2D eigenvalue weighted by Crippen LogP contribution is 2.49. The fourth-order valence-corrected chi connectivity index (χ4v) is 5.14. The van der Waals surface area contributed by atoms with E-state index in [9.17, 15) is 4.79 Å². The quantitative estimate of drug-likeness (QED) is 0.826. The zero-order valence-electron chi connectivity index (χ0n) is 15.2. The number of carbonyl (C=O) groups is 1. The summed E-state index contributed by atoms with van der Waals surface area (Å²) < 4.78 is 5.36. The first kappa shape index (κ1) is 17.1. The minimum Gasteiger partial charge on any atom is -0.444 e. The highest BCUT2D eigenvalue weighted by Gasteiger charge is 2.42. The lowest BCUT2D eigenvalue weighted by atomic mass is 9.83. The molecule has 3 aliphatic rings. The Balaban J connectivity index is 1.40. The third kappa shape index (κ3) is 4.40. The van der Waals surface area contributed by atoms with Gasteiger partial charge in [0.25, 0.3) is 0 Å². The van der Waals surface area contributed by atoms with Crippen LogP contribution in [0.5, 0.6) is 0 Å². The van der Waals surface area contributed by atoms with E-state index in [4.69, 9.17) is 4.74 Å². The molecule has 0 radical (unpaired) electrons. The van der Waals surface area contributed by atoms with Gasteiger partial charge in [0, 0.05) is 18.1 Å². The summed E-state index contributed by atoms with van der Waals surface area (Å²) in [7, 11) is 0. The molecule has 6 atom stereocenters. The van der Waals surface area contributed by atoms with Crippen LogP contribution in [0.3, 0.4) is 0 Å². The molecule has 132 valence electrons. The molecule has 2 bridgehead atoms. The monoisotopic (exact) mass is 322 g/mol. The van der Waals surface area contributed by atoms with Crippen LogP contribution >= 0.6 is 0 Å². The largest absolute Gasteiger partial charge is 0.444 e. The van der Waals surface area contributed by atoms with E-state index in [1.165, 1.54) is 25.7 Å². The maximum atomic E-state index is 11.9. The third-order valence-corrected chi connectivity index (χ3v) is 6.09. The summed E-state index contributed by atoms with van der Waals surface area (Å²) in [5, 5.41) is 6.90. The maximum absolute atomic E-state index is 11.9. The van der Waals surface area contributed by atoms with Crippen LogP contribution in [0.1, 0.15) is 72.6 Å². The number of alkyl carbamates (subject to hydrolysis) is 1. The number of ether oxygens (including phenoxy) is 1. The van der Waals surface area contributed by atoms with Gasteiger partial charge in [-0.3, -0.25) is 0 Å². The molecule has 0 spiro atoms. The van der Waals surface area contributed by atoms with E-state index in [1.54, 1.807) is 0 Å². The first-order valence-electron chi connectivity index (χ1n) is 9.55. The molecular formula is C19H34N2O2. The van der Waals surface area contributed by atoms with Crippen molar-refractivity contribution in [3.63, 3.8) is 0 Å². The first-order chi connectivity index (χ1) is 10.8. The summed E-state index contributed by atoms with van der Waals surface area (Å²) >= 11 is 0. The van der Waals surface area contributed by atoms with Gasteiger partial charge in [0.1, 0.15) is 5.60 Å². The second-order valence-corrected chi connectivity index (χ2v) is 9.15. The molecule has 1 amide bonds. The number of carbonyl (C=O) groups excluding carboxylic acids is 1. The highest BCUT2D eigenvalue weighted by molar-refractivity contribution is 5.68. The Kier molecular flexibility index (Phi) is 4.91. The molecule has 4 heteroatoms. The number of hydrogen-bond donors (Lipinski definition) is 2. The van der Waals surface area contributed by atoms with Crippen LogP contribution in [-0.4, -0.2) is 29.8 Å². The Hall–Kier alpha value is -0.770. The van der Waals surface area contributed by atoms with Crippen molar-refractivity contribution in [2.75, 3.05) is 0 Å². The SMILES string of the molecule is CC(NC1CCC(NC(=O)OC(C)(C)C)C1)C1CC2CCC1C2. The topological polar surface area (TPSA) is 50.4 Å².